The van der Waals surface area contributed by atoms with Crippen LogP contribution in [0.4, 0.5) is 0 Å². The third kappa shape index (κ3) is 5.67. The summed E-state index contributed by atoms with van der Waals surface area (Å²) in [6.07, 6.45) is 2.88. The summed E-state index contributed by atoms with van der Waals surface area (Å²) in [5.74, 6) is 0.0567. The van der Waals surface area contributed by atoms with Gasteiger partial charge >= 0.3 is 10.1 Å². The summed E-state index contributed by atoms with van der Waals surface area (Å²) in [5, 5.41) is 0.446. The molecule has 0 bridgehead atoms. The van der Waals surface area contributed by atoms with E-state index < -0.39 is 10.1 Å². The molecule has 1 aliphatic heterocycles. The minimum absolute atomic E-state index is 0.0114. The van der Waals surface area contributed by atoms with Crippen molar-refractivity contribution < 1.29 is 22.1 Å². The fourth-order valence-electron chi connectivity index (χ4n) is 2.46. The van der Waals surface area contributed by atoms with Gasteiger partial charge in [-0.25, -0.2) is 0 Å². The van der Waals surface area contributed by atoms with Gasteiger partial charge in [-0.05, 0) is 31.0 Å². The zero-order valence-corrected chi connectivity index (χ0v) is 14.7. The van der Waals surface area contributed by atoms with E-state index in [0.29, 0.717) is 23.7 Å². The van der Waals surface area contributed by atoms with Crippen molar-refractivity contribution in [3.8, 4) is 5.75 Å². The molecule has 0 spiro atoms. The van der Waals surface area contributed by atoms with Gasteiger partial charge in [0.05, 0.1) is 12.4 Å². The van der Waals surface area contributed by atoms with Crippen molar-refractivity contribution >= 4 is 27.6 Å². The predicted octanol–water partition coefficient (Wildman–Crippen LogP) is 2.21. The van der Waals surface area contributed by atoms with E-state index in [1.807, 2.05) is 0 Å². The molecular formula is C15H20ClNO5S. The van der Waals surface area contributed by atoms with Crippen LogP contribution in [0.2, 0.25) is 5.02 Å². The lowest BCUT2D eigenvalue weighted by atomic mass is 10.1. The highest BCUT2D eigenvalue weighted by Gasteiger charge is 2.22. The SMILES string of the molecule is CC(=O)N(Cc1cc(Cl)ccc1OS(C)(=O)=O)CC1CCCO1. The van der Waals surface area contributed by atoms with Crippen LogP contribution in [0.25, 0.3) is 0 Å². The molecule has 6 nitrogen and oxygen atoms in total. The van der Waals surface area contributed by atoms with E-state index in [1.165, 1.54) is 13.0 Å². The van der Waals surface area contributed by atoms with Crippen molar-refractivity contribution in [2.75, 3.05) is 19.4 Å². The van der Waals surface area contributed by atoms with Gasteiger partial charge in [0.25, 0.3) is 0 Å². The average Bonchev–Trinajstić information content (AvgIpc) is 2.92. The molecule has 0 aromatic heterocycles. The van der Waals surface area contributed by atoms with Crippen LogP contribution in [0.3, 0.4) is 0 Å². The van der Waals surface area contributed by atoms with Gasteiger partial charge in [0.1, 0.15) is 5.75 Å². The molecule has 1 saturated heterocycles. The number of carbonyl (C=O) groups is 1. The van der Waals surface area contributed by atoms with Gasteiger partial charge in [0.15, 0.2) is 0 Å². The van der Waals surface area contributed by atoms with Gasteiger partial charge < -0.3 is 13.8 Å². The van der Waals surface area contributed by atoms with Crippen LogP contribution in [-0.4, -0.2) is 44.7 Å². The van der Waals surface area contributed by atoms with Crippen LogP contribution in [0.5, 0.6) is 5.75 Å². The highest BCUT2D eigenvalue weighted by atomic mass is 35.5. The second-order valence-electron chi connectivity index (χ2n) is 5.57. The highest BCUT2D eigenvalue weighted by Crippen LogP contribution is 2.26. The Labute approximate surface area is 141 Å². The van der Waals surface area contributed by atoms with E-state index >= 15 is 0 Å². The van der Waals surface area contributed by atoms with E-state index in [-0.39, 0.29) is 24.3 Å². The second-order valence-corrected chi connectivity index (χ2v) is 7.59. The quantitative estimate of drug-likeness (QED) is 0.726. The standard InChI is InChI=1S/C15H20ClNO5S/c1-11(18)17(10-14-4-3-7-21-14)9-12-8-13(16)5-6-15(12)22-23(2,19)20/h5-6,8,14H,3-4,7,9-10H2,1-2H3. The maximum Gasteiger partial charge on any atom is 0.306 e. The van der Waals surface area contributed by atoms with Crippen molar-refractivity contribution in [3.05, 3.63) is 28.8 Å². The lowest BCUT2D eigenvalue weighted by Crippen LogP contribution is -2.35. The Kier molecular flexibility index (Phi) is 5.89. The summed E-state index contributed by atoms with van der Waals surface area (Å²) in [6, 6.07) is 4.64. The van der Waals surface area contributed by atoms with Crippen LogP contribution in [0, 0.1) is 0 Å². The number of carbonyl (C=O) groups excluding carboxylic acids is 1. The number of hydrogen-bond donors (Lipinski definition) is 0. The second kappa shape index (κ2) is 7.51. The molecule has 0 N–H and O–H groups in total. The Hall–Kier alpha value is -1.31. The predicted molar refractivity (Wildman–Crippen MR) is 87.0 cm³/mol. The summed E-state index contributed by atoms with van der Waals surface area (Å²) in [5.41, 5.74) is 0.538. The number of amides is 1. The van der Waals surface area contributed by atoms with Crippen LogP contribution in [-0.2, 0) is 26.2 Å². The summed E-state index contributed by atoms with van der Waals surface area (Å²) >= 11 is 5.99. The number of benzene rings is 1. The first-order chi connectivity index (χ1) is 10.7. The summed E-state index contributed by atoms with van der Waals surface area (Å²) < 4.78 is 33.3. The fourth-order valence-corrected chi connectivity index (χ4v) is 3.14. The first-order valence-electron chi connectivity index (χ1n) is 7.29. The first-order valence-corrected chi connectivity index (χ1v) is 9.49. The third-order valence-corrected chi connectivity index (χ3v) is 4.24. The van der Waals surface area contributed by atoms with E-state index in [0.717, 1.165) is 19.1 Å². The summed E-state index contributed by atoms with van der Waals surface area (Å²) in [4.78, 5) is 13.5. The normalized spacial score (nSPS) is 18.0. The average molecular weight is 362 g/mol. The zero-order valence-electron chi connectivity index (χ0n) is 13.1. The van der Waals surface area contributed by atoms with Crippen molar-refractivity contribution in [2.24, 2.45) is 0 Å². The molecule has 0 aliphatic carbocycles. The smallest absolute Gasteiger partial charge is 0.306 e. The van der Waals surface area contributed by atoms with Gasteiger partial charge in [0, 0.05) is 37.2 Å². The molecule has 1 atom stereocenters. The van der Waals surface area contributed by atoms with E-state index in [4.69, 9.17) is 20.5 Å². The van der Waals surface area contributed by atoms with Crippen molar-refractivity contribution in [1.82, 2.24) is 4.90 Å². The Bertz CT molecular complexity index is 670. The molecule has 0 saturated carbocycles. The molecule has 2 rings (SSSR count). The van der Waals surface area contributed by atoms with Gasteiger partial charge in [0.2, 0.25) is 5.91 Å². The third-order valence-electron chi connectivity index (χ3n) is 3.52. The maximum atomic E-state index is 11.9. The molecule has 1 aromatic carbocycles. The van der Waals surface area contributed by atoms with Crippen LogP contribution >= 0.6 is 11.6 Å². The Morgan fingerprint density at radius 3 is 2.78 bits per heavy atom. The van der Waals surface area contributed by atoms with Gasteiger partial charge in [-0.1, -0.05) is 11.6 Å². The topological polar surface area (TPSA) is 72.9 Å². The molecule has 1 aliphatic rings. The molecule has 1 unspecified atom stereocenters. The number of hydrogen-bond acceptors (Lipinski definition) is 5. The largest absolute Gasteiger partial charge is 0.382 e. The van der Waals surface area contributed by atoms with Crippen molar-refractivity contribution in [2.45, 2.75) is 32.4 Å². The van der Waals surface area contributed by atoms with Crippen LogP contribution in [0.15, 0.2) is 18.2 Å². The highest BCUT2D eigenvalue weighted by molar-refractivity contribution is 7.86. The molecule has 1 fully saturated rings. The fraction of sp³-hybridized carbons (Fsp3) is 0.533. The Morgan fingerprint density at radius 2 is 2.22 bits per heavy atom. The number of rotatable bonds is 6. The molecule has 0 radical (unpaired) electrons. The molecule has 1 aromatic rings. The van der Waals surface area contributed by atoms with E-state index in [2.05, 4.69) is 0 Å². The Morgan fingerprint density at radius 1 is 1.48 bits per heavy atom. The minimum atomic E-state index is -3.66. The van der Waals surface area contributed by atoms with Gasteiger partial charge in [-0.3, -0.25) is 4.79 Å². The van der Waals surface area contributed by atoms with Gasteiger partial charge in [-0.2, -0.15) is 8.42 Å². The molecule has 8 heteroatoms. The molecule has 1 amide bonds. The molecular weight excluding hydrogens is 342 g/mol. The monoisotopic (exact) mass is 361 g/mol. The molecule has 1 heterocycles. The maximum absolute atomic E-state index is 11.9. The lowest BCUT2D eigenvalue weighted by Gasteiger charge is -2.25. The minimum Gasteiger partial charge on any atom is -0.382 e. The van der Waals surface area contributed by atoms with E-state index in [9.17, 15) is 13.2 Å². The Balaban J connectivity index is 2.20. The zero-order chi connectivity index (χ0) is 17.0. The molecule has 23 heavy (non-hydrogen) atoms. The van der Waals surface area contributed by atoms with Gasteiger partial charge in [-0.15, -0.1) is 0 Å². The number of halogens is 1. The van der Waals surface area contributed by atoms with Crippen molar-refractivity contribution in [1.29, 1.82) is 0 Å². The number of nitrogens with zero attached hydrogens (tertiary/aromatic N) is 1. The first kappa shape index (κ1) is 18.0. The number of ether oxygens (including phenoxy) is 1. The van der Waals surface area contributed by atoms with E-state index in [1.54, 1.807) is 17.0 Å². The summed E-state index contributed by atoms with van der Waals surface area (Å²) in [7, 11) is -3.66. The molecule has 128 valence electrons. The lowest BCUT2D eigenvalue weighted by molar-refractivity contribution is -0.131. The van der Waals surface area contributed by atoms with Crippen LogP contribution < -0.4 is 4.18 Å². The van der Waals surface area contributed by atoms with Crippen molar-refractivity contribution in [3.63, 3.8) is 0 Å². The van der Waals surface area contributed by atoms with Crippen LogP contribution in [0.1, 0.15) is 25.3 Å². The summed E-state index contributed by atoms with van der Waals surface area (Å²) in [6.45, 7) is 2.84.